The second kappa shape index (κ2) is 8.01. The number of aryl methyl sites for hydroxylation is 2. The van der Waals surface area contributed by atoms with E-state index < -0.39 is 0 Å². The van der Waals surface area contributed by atoms with Crippen LogP contribution in [0.25, 0.3) is 11.2 Å². The molecule has 0 atom stereocenters. The monoisotopic (exact) mass is 390 g/mol. The maximum absolute atomic E-state index is 12.7. The van der Waals surface area contributed by atoms with Crippen LogP contribution in [0, 0.1) is 6.92 Å². The van der Waals surface area contributed by atoms with E-state index in [1.807, 2.05) is 19.1 Å². The predicted octanol–water partition coefficient (Wildman–Crippen LogP) is 3.29. The van der Waals surface area contributed by atoms with Gasteiger partial charge in [-0.2, -0.15) is 4.98 Å². The van der Waals surface area contributed by atoms with Crippen molar-refractivity contribution in [1.29, 1.82) is 0 Å². The van der Waals surface area contributed by atoms with Crippen LogP contribution in [0.1, 0.15) is 25.1 Å². The standard InChI is InChI=1S/C17H19ClN6OS/c1-4-24-15-13(10(3)21-17(18)23-15)22-14(16(24)25)20-9-11-6-7-12(19-8-11)26-5-2/h6-8H,4-5,9H2,1-3H3,(H,20,22). The van der Waals surface area contributed by atoms with Crippen LogP contribution in [0.5, 0.6) is 0 Å². The van der Waals surface area contributed by atoms with E-state index in [1.54, 1.807) is 29.4 Å². The van der Waals surface area contributed by atoms with Gasteiger partial charge in [0.2, 0.25) is 5.28 Å². The second-order valence-corrected chi connectivity index (χ2v) is 7.17. The van der Waals surface area contributed by atoms with Gasteiger partial charge in [0.05, 0.1) is 10.7 Å². The van der Waals surface area contributed by atoms with Crippen molar-refractivity contribution >= 4 is 40.3 Å². The Labute approximate surface area is 160 Å². The fourth-order valence-electron chi connectivity index (χ4n) is 2.56. The number of anilines is 1. The first-order valence-electron chi connectivity index (χ1n) is 8.29. The maximum Gasteiger partial charge on any atom is 0.294 e. The first-order chi connectivity index (χ1) is 12.5. The summed E-state index contributed by atoms with van der Waals surface area (Å²) in [6.07, 6.45) is 1.80. The summed E-state index contributed by atoms with van der Waals surface area (Å²) in [5.41, 5.74) is 2.38. The molecule has 0 unspecified atom stereocenters. The van der Waals surface area contributed by atoms with Crippen LogP contribution in [0.2, 0.25) is 5.28 Å². The molecule has 9 heteroatoms. The first kappa shape index (κ1) is 18.6. The van der Waals surface area contributed by atoms with Crippen molar-refractivity contribution < 1.29 is 0 Å². The molecule has 3 rings (SSSR count). The number of nitrogens with one attached hydrogen (secondary N) is 1. The first-order valence-corrected chi connectivity index (χ1v) is 9.66. The molecule has 0 bridgehead atoms. The van der Waals surface area contributed by atoms with E-state index in [0.29, 0.717) is 29.9 Å². The Bertz CT molecular complexity index is 989. The molecule has 0 spiro atoms. The average Bonchev–Trinajstić information content (AvgIpc) is 2.62. The fourth-order valence-corrected chi connectivity index (χ4v) is 3.36. The van der Waals surface area contributed by atoms with Gasteiger partial charge in [-0.05, 0) is 42.8 Å². The quantitative estimate of drug-likeness (QED) is 0.510. The van der Waals surface area contributed by atoms with E-state index >= 15 is 0 Å². The summed E-state index contributed by atoms with van der Waals surface area (Å²) in [7, 11) is 0. The molecule has 1 N–H and O–H groups in total. The average molecular weight is 391 g/mol. The van der Waals surface area contributed by atoms with Crippen molar-refractivity contribution in [3.8, 4) is 0 Å². The molecule has 0 radical (unpaired) electrons. The number of thioether (sulfide) groups is 1. The zero-order valence-corrected chi connectivity index (χ0v) is 16.4. The molecule has 3 aromatic heterocycles. The van der Waals surface area contributed by atoms with Gasteiger partial charge in [-0.25, -0.2) is 15.0 Å². The molecule has 7 nitrogen and oxygen atoms in total. The third-order valence-electron chi connectivity index (χ3n) is 3.81. The summed E-state index contributed by atoms with van der Waals surface area (Å²) in [4.78, 5) is 29.8. The van der Waals surface area contributed by atoms with Crippen molar-refractivity contribution in [3.63, 3.8) is 0 Å². The van der Waals surface area contributed by atoms with Crippen molar-refractivity contribution in [2.75, 3.05) is 11.1 Å². The highest BCUT2D eigenvalue weighted by molar-refractivity contribution is 7.99. The lowest BCUT2D eigenvalue weighted by atomic mass is 10.3. The Hall–Kier alpha value is -2.19. The molecule has 26 heavy (non-hydrogen) atoms. The third-order valence-corrected chi connectivity index (χ3v) is 4.80. The molecule has 0 saturated carbocycles. The minimum atomic E-state index is -0.236. The van der Waals surface area contributed by atoms with Gasteiger partial charge in [0, 0.05) is 19.3 Å². The molecular weight excluding hydrogens is 372 g/mol. The lowest BCUT2D eigenvalue weighted by molar-refractivity contribution is 0.741. The molecule has 0 aromatic carbocycles. The van der Waals surface area contributed by atoms with Crippen LogP contribution < -0.4 is 10.9 Å². The lowest BCUT2D eigenvalue weighted by Gasteiger charge is -2.12. The van der Waals surface area contributed by atoms with Crippen LogP contribution in [-0.4, -0.2) is 30.3 Å². The van der Waals surface area contributed by atoms with Gasteiger partial charge in [0.15, 0.2) is 11.5 Å². The highest BCUT2D eigenvalue weighted by atomic mass is 35.5. The number of rotatable bonds is 6. The van der Waals surface area contributed by atoms with Gasteiger partial charge in [0.1, 0.15) is 5.52 Å². The van der Waals surface area contributed by atoms with Crippen molar-refractivity contribution in [2.24, 2.45) is 0 Å². The summed E-state index contributed by atoms with van der Waals surface area (Å²) in [6, 6.07) is 3.97. The highest BCUT2D eigenvalue weighted by Gasteiger charge is 2.14. The summed E-state index contributed by atoms with van der Waals surface area (Å²) in [5.74, 6) is 1.24. The van der Waals surface area contributed by atoms with E-state index in [-0.39, 0.29) is 16.7 Å². The van der Waals surface area contributed by atoms with E-state index in [0.717, 1.165) is 16.3 Å². The summed E-state index contributed by atoms with van der Waals surface area (Å²) in [6.45, 7) is 6.68. The van der Waals surface area contributed by atoms with Crippen LogP contribution >= 0.6 is 23.4 Å². The SMILES string of the molecule is CCSc1ccc(CNc2nc3c(C)nc(Cl)nc3n(CC)c2=O)cn1. The molecule has 3 heterocycles. The Kier molecular flexibility index (Phi) is 5.73. The minimum Gasteiger partial charge on any atom is -0.361 e. The highest BCUT2D eigenvalue weighted by Crippen LogP contribution is 2.17. The molecule has 0 amide bonds. The Morgan fingerprint density at radius 1 is 1.23 bits per heavy atom. The van der Waals surface area contributed by atoms with Gasteiger partial charge in [0.25, 0.3) is 5.56 Å². The Balaban J connectivity index is 1.92. The number of halogens is 1. The second-order valence-electron chi connectivity index (χ2n) is 5.55. The number of fused-ring (bicyclic) bond motifs is 1. The Morgan fingerprint density at radius 2 is 2.04 bits per heavy atom. The predicted molar refractivity (Wildman–Crippen MR) is 105 cm³/mol. The summed E-state index contributed by atoms with van der Waals surface area (Å²) < 4.78 is 1.55. The smallest absolute Gasteiger partial charge is 0.294 e. The molecular formula is C17H19ClN6OS. The van der Waals surface area contributed by atoms with E-state index in [1.165, 1.54) is 0 Å². The molecule has 3 aromatic rings. The fraction of sp³-hybridized carbons (Fsp3) is 0.353. The van der Waals surface area contributed by atoms with Crippen molar-refractivity contribution in [2.45, 2.75) is 38.9 Å². The number of hydrogen-bond acceptors (Lipinski definition) is 7. The zero-order valence-electron chi connectivity index (χ0n) is 14.8. The lowest BCUT2D eigenvalue weighted by Crippen LogP contribution is -2.26. The summed E-state index contributed by atoms with van der Waals surface area (Å²) >= 11 is 7.62. The minimum absolute atomic E-state index is 0.107. The summed E-state index contributed by atoms with van der Waals surface area (Å²) in [5, 5.41) is 4.20. The third kappa shape index (κ3) is 3.81. The van der Waals surface area contributed by atoms with Crippen LogP contribution in [0.4, 0.5) is 5.82 Å². The Morgan fingerprint density at radius 3 is 2.69 bits per heavy atom. The van der Waals surface area contributed by atoms with Gasteiger partial charge < -0.3 is 5.32 Å². The van der Waals surface area contributed by atoms with Gasteiger partial charge in [-0.15, -0.1) is 11.8 Å². The van der Waals surface area contributed by atoms with Crippen LogP contribution in [-0.2, 0) is 13.1 Å². The largest absolute Gasteiger partial charge is 0.361 e. The zero-order chi connectivity index (χ0) is 18.7. The van der Waals surface area contributed by atoms with Crippen LogP contribution in [0.3, 0.4) is 0 Å². The normalized spacial score (nSPS) is 11.1. The van der Waals surface area contributed by atoms with Crippen LogP contribution in [0.15, 0.2) is 28.2 Å². The van der Waals surface area contributed by atoms with Gasteiger partial charge in [-0.1, -0.05) is 13.0 Å². The molecule has 136 valence electrons. The molecule has 0 aliphatic heterocycles. The topological polar surface area (TPSA) is 85.6 Å². The molecule has 0 aliphatic rings. The van der Waals surface area contributed by atoms with Gasteiger partial charge >= 0.3 is 0 Å². The number of aromatic nitrogens is 5. The number of pyridine rings is 1. The van der Waals surface area contributed by atoms with Crippen molar-refractivity contribution in [1.82, 2.24) is 24.5 Å². The molecule has 0 saturated heterocycles. The number of nitrogens with zero attached hydrogens (tertiary/aromatic N) is 5. The molecule has 0 fully saturated rings. The van der Waals surface area contributed by atoms with E-state index in [2.05, 4.69) is 32.2 Å². The number of hydrogen-bond donors (Lipinski definition) is 1. The molecule has 0 aliphatic carbocycles. The van der Waals surface area contributed by atoms with E-state index in [9.17, 15) is 4.79 Å². The van der Waals surface area contributed by atoms with Gasteiger partial charge in [-0.3, -0.25) is 9.36 Å². The van der Waals surface area contributed by atoms with Crippen molar-refractivity contribution in [3.05, 3.63) is 45.2 Å². The van der Waals surface area contributed by atoms with E-state index in [4.69, 9.17) is 11.6 Å². The maximum atomic E-state index is 12.7.